The van der Waals surface area contributed by atoms with Crippen LogP contribution in [0.25, 0.3) is 0 Å². The number of carbonyl (C=O) groups is 2. The van der Waals surface area contributed by atoms with Crippen molar-refractivity contribution >= 4 is 11.9 Å². The lowest BCUT2D eigenvalue weighted by atomic mass is 9.73. The normalized spacial score (nSPS) is 37.6. The first-order valence-electron chi connectivity index (χ1n) is 8.58. The molecule has 0 radical (unpaired) electrons. The summed E-state index contributed by atoms with van der Waals surface area (Å²) in [4.78, 5) is 25.1. The number of ether oxygens (including phenoxy) is 2. The highest BCUT2D eigenvalue weighted by molar-refractivity contribution is 5.85. The monoisotopic (exact) mass is 318 g/mol. The Labute approximate surface area is 137 Å². The summed E-state index contributed by atoms with van der Waals surface area (Å²) in [6.07, 6.45) is 11.9. The van der Waals surface area contributed by atoms with E-state index < -0.39 is 11.0 Å². The summed E-state index contributed by atoms with van der Waals surface area (Å²) in [5, 5.41) is 0. The van der Waals surface area contributed by atoms with Crippen LogP contribution in [-0.4, -0.2) is 24.6 Å². The molecule has 4 unspecified atom stereocenters. The van der Waals surface area contributed by atoms with Crippen molar-refractivity contribution in [1.82, 2.24) is 0 Å². The van der Waals surface area contributed by atoms with Crippen LogP contribution >= 0.6 is 0 Å². The van der Waals surface area contributed by atoms with E-state index in [4.69, 9.17) is 9.47 Å². The number of carbonyl (C=O) groups excluding carboxylic acids is 2. The SMILES string of the molecule is COC(=O)CC1(C(=O)OC2(C(C)C)C=CCC2)CC2C=CC1C2. The highest BCUT2D eigenvalue weighted by atomic mass is 16.6. The number of hydrogen-bond donors (Lipinski definition) is 0. The molecule has 0 amide bonds. The predicted octanol–water partition coefficient (Wildman–Crippen LogP) is 3.42. The molecule has 4 atom stereocenters. The number of hydrogen-bond acceptors (Lipinski definition) is 4. The molecule has 1 saturated carbocycles. The van der Waals surface area contributed by atoms with Crippen molar-refractivity contribution in [3.63, 3.8) is 0 Å². The second kappa shape index (κ2) is 5.81. The fourth-order valence-electron chi connectivity index (χ4n) is 4.43. The Hall–Kier alpha value is -1.58. The van der Waals surface area contributed by atoms with Crippen LogP contribution in [0.15, 0.2) is 24.3 Å². The van der Waals surface area contributed by atoms with Gasteiger partial charge in [0, 0.05) is 0 Å². The number of methoxy groups -OCH3 is 1. The number of esters is 2. The molecule has 0 N–H and O–H groups in total. The largest absolute Gasteiger partial charge is 0.469 e. The standard InChI is InChI=1S/C19H26O4/c1-13(2)19(8-4-5-9-19)23-17(21)18(12-16(20)22-3)11-14-6-7-15(18)10-14/h4,6-8,13-15H,5,9-12H2,1-3H3. The molecule has 3 aliphatic rings. The second-order valence-corrected chi connectivity index (χ2v) is 7.54. The molecule has 0 heterocycles. The molecule has 3 aliphatic carbocycles. The zero-order valence-corrected chi connectivity index (χ0v) is 14.2. The Morgan fingerprint density at radius 3 is 2.57 bits per heavy atom. The maximum absolute atomic E-state index is 13.2. The van der Waals surface area contributed by atoms with Gasteiger partial charge in [0.1, 0.15) is 5.60 Å². The van der Waals surface area contributed by atoms with Crippen LogP contribution in [0.5, 0.6) is 0 Å². The number of fused-ring (bicyclic) bond motifs is 2. The molecule has 126 valence electrons. The quantitative estimate of drug-likeness (QED) is 0.576. The Morgan fingerprint density at radius 1 is 1.30 bits per heavy atom. The third-order valence-electron chi connectivity index (χ3n) is 5.96. The van der Waals surface area contributed by atoms with Crippen molar-refractivity contribution in [3.8, 4) is 0 Å². The maximum atomic E-state index is 13.2. The minimum absolute atomic E-state index is 0.0914. The molecule has 3 rings (SSSR count). The Kier molecular flexibility index (Phi) is 4.11. The third-order valence-corrected chi connectivity index (χ3v) is 5.96. The van der Waals surface area contributed by atoms with Crippen LogP contribution in [0.2, 0.25) is 0 Å². The fourth-order valence-corrected chi connectivity index (χ4v) is 4.43. The molecule has 23 heavy (non-hydrogen) atoms. The average molecular weight is 318 g/mol. The van der Waals surface area contributed by atoms with E-state index in [-0.39, 0.29) is 30.2 Å². The highest BCUT2D eigenvalue weighted by Gasteiger charge is 2.57. The smallest absolute Gasteiger partial charge is 0.314 e. The molecule has 0 spiro atoms. The Morgan fingerprint density at radius 2 is 2.09 bits per heavy atom. The molecule has 4 heteroatoms. The predicted molar refractivity (Wildman–Crippen MR) is 86.5 cm³/mol. The average Bonchev–Trinajstić information content (AvgIpc) is 3.23. The summed E-state index contributed by atoms with van der Waals surface area (Å²) in [6.45, 7) is 4.16. The lowest BCUT2D eigenvalue weighted by Crippen LogP contribution is -2.45. The van der Waals surface area contributed by atoms with Gasteiger partial charge in [-0.2, -0.15) is 0 Å². The number of allylic oxidation sites excluding steroid dienone is 3. The molecule has 0 aromatic rings. The van der Waals surface area contributed by atoms with Gasteiger partial charge in [-0.05, 0) is 49.5 Å². The van der Waals surface area contributed by atoms with Crippen molar-refractivity contribution < 1.29 is 19.1 Å². The lowest BCUT2D eigenvalue weighted by molar-refractivity contribution is -0.177. The number of rotatable bonds is 5. The molecule has 0 aliphatic heterocycles. The summed E-state index contributed by atoms with van der Waals surface area (Å²) in [5.74, 6) is 0.137. The van der Waals surface area contributed by atoms with Crippen LogP contribution in [0.4, 0.5) is 0 Å². The minimum Gasteiger partial charge on any atom is -0.469 e. The minimum atomic E-state index is -0.745. The highest BCUT2D eigenvalue weighted by Crippen LogP contribution is 2.55. The summed E-state index contributed by atoms with van der Waals surface area (Å²) in [5.41, 5.74) is -1.27. The van der Waals surface area contributed by atoms with Crippen LogP contribution in [0, 0.1) is 23.2 Å². The van der Waals surface area contributed by atoms with E-state index >= 15 is 0 Å². The van der Waals surface area contributed by atoms with Crippen LogP contribution in [0.3, 0.4) is 0 Å². The van der Waals surface area contributed by atoms with E-state index in [1.54, 1.807) is 0 Å². The van der Waals surface area contributed by atoms with Crippen molar-refractivity contribution in [1.29, 1.82) is 0 Å². The van der Waals surface area contributed by atoms with E-state index in [1.807, 2.05) is 6.08 Å². The van der Waals surface area contributed by atoms with Gasteiger partial charge in [0.15, 0.2) is 0 Å². The van der Waals surface area contributed by atoms with Crippen molar-refractivity contribution in [2.24, 2.45) is 23.2 Å². The first kappa shape index (κ1) is 16.3. The summed E-state index contributed by atoms with van der Waals surface area (Å²) in [7, 11) is 1.37. The first-order chi connectivity index (χ1) is 10.9. The van der Waals surface area contributed by atoms with Gasteiger partial charge in [-0.25, -0.2) is 0 Å². The van der Waals surface area contributed by atoms with Gasteiger partial charge >= 0.3 is 11.9 Å². The van der Waals surface area contributed by atoms with Crippen molar-refractivity contribution in [2.75, 3.05) is 7.11 Å². The summed E-state index contributed by atoms with van der Waals surface area (Å²) < 4.78 is 10.9. The molecular formula is C19H26O4. The molecule has 0 aromatic heterocycles. The van der Waals surface area contributed by atoms with Gasteiger partial charge in [-0.3, -0.25) is 9.59 Å². The van der Waals surface area contributed by atoms with E-state index in [9.17, 15) is 9.59 Å². The van der Waals surface area contributed by atoms with E-state index in [0.29, 0.717) is 12.3 Å². The molecule has 0 saturated heterocycles. The van der Waals surface area contributed by atoms with Gasteiger partial charge in [-0.15, -0.1) is 0 Å². The van der Waals surface area contributed by atoms with Gasteiger partial charge < -0.3 is 9.47 Å². The van der Waals surface area contributed by atoms with Crippen molar-refractivity contribution in [3.05, 3.63) is 24.3 Å². The fraction of sp³-hybridized carbons (Fsp3) is 0.684. The summed E-state index contributed by atoms with van der Waals surface area (Å²) in [6, 6.07) is 0. The molecule has 0 aromatic carbocycles. The van der Waals surface area contributed by atoms with Crippen LogP contribution < -0.4 is 0 Å². The maximum Gasteiger partial charge on any atom is 0.314 e. The third kappa shape index (κ3) is 2.62. The van der Waals surface area contributed by atoms with Crippen LogP contribution in [-0.2, 0) is 19.1 Å². The van der Waals surface area contributed by atoms with E-state index in [0.717, 1.165) is 19.3 Å². The van der Waals surface area contributed by atoms with Gasteiger partial charge in [0.25, 0.3) is 0 Å². The Balaban J connectivity index is 1.86. The van der Waals surface area contributed by atoms with E-state index in [2.05, 4.69) is 32.1 Å². The molecule has 2 bridgehead atoms. The van der Waals surface area contributed by atoms with Gasteiger partial charge in [-0.1, -0.05) is 32.1 Å². The van der Waals surface area contributed by atoms with E-state index in [1.165, 1.54) is 7.11 Å². The topological polar surface area (TPSA) is 52.6 Å². The molecule has 4 nitrogen and oxygen atoms in total. The first-order valence-corrected chi connectivity index (χ1v) is 8.58. The zero-order valence-electron chi connectivity index (χ0n) is 14.2. The molecular weight excluding hydrogens is 292 g/mol. The van der Waals surface area contributed by atoms with Gasteiger partial charge in [0.05, 0.1) is 18.9 Å². The zero-order chi connectivity index (χ0) is 16.7. The van der Waals surface area contributed by atoms with Gasteiger partial charge in [0.2, 0.25) is 0 Å². The lowest BCUT2D eigenvalue weighted by Gasteiger charge is -2.38. The van der Waals surface area contributed by atoms with Crippen LogP contribution in [0.1, 0.15) is 46.0 Å². The second-order valence-electron chi connectivity index (χ2n) is 7.54. The summed E-state index contributed by atoms with van der Waals surface area (Å²) >= 11 is 0. The van der Waals surface area contributed by atoms with Crippen molar-refractivity contribution in [2.45, 2.75) is 51.6 Å². The molecule has 1 fully saturated rings. The Bertz CT molecular complexity index is 562.